The van der Waals surface area contributed by atoms with Crippen LogP contribution in [0.5, 0.6) is 0 Å². The summed E-state index contributed by atoms with van der Waals surface area (Å²) in [6.07, 6.45) is 3.92. The van der Waals surface area contributed by atoms with E-state index in [0.717, 1.165) is 25.9 Å². The highest BCUT2D eigenvalue weighted by Crippen LogP contribution is 2.18. The minimum atomic E-state index is 0.267. The van der Waals surface area contributed by atoms with E-state index in [0.29, 0.717) is 0 Å². The molecule has 0 bridgehead atoms. The van der Waals surface area contributed by atoms with E-state index in [9.17, 15) is 0 Å². The molecule has 1 unspecified atom stereocenters. The van der Waals surface area contributed by atoms with Gasteiger partial charge in [-0.1, -0.05) is 48.9 Å². The van der Waals surface area contributed by atoms with E-state index in [2.05, 4.69) is 60.7 Å². The van der Waals surface area contributed by atoms with Crippen molar-refractivity contribution in [2.24, 2.45) is 0 Å². The Labute approximate surface area is 121 Å². The first-order valence-electron chi connectivity index (χ1n) is 7.41. The average Bonchev–Trinajstić information content (AvgIpc) is 2.87. The van der Waals surface area contributed by atoms with Crippen molar-refractivity contribution in [3.05, 3.63) is 47.3 Å². The fourth-order valence-electron chi connectivity index (χ4n) is 2.52. The Morgan fingerprint density at radius 3 is 2.85 bits per heavy atom. The number of nitrogens with one attached hydrogen (secondary N) is 1. The van der Waals surface area contributed by atoms with E-state index in [1.807, 2.05) is 10.9 Å². The molecule has 1 aromatic carbocycles. The van der Waals surface area contributed by atoms with Crippen molar-refractivity contribution in [1.82, 2.24) is 20.3 Å². The van der Waals surface area contributed by atoms with Gasteiger partial charge in [0.2, 0.25) is 0 Å². The van der Waals surface area contributed by atoms with Crippen molar-refractivity contribution in [2.75, 3.05) is 6.54 Å². The molecule has 2 rings (SSSR count). The van der Waals surface area contributed by atoms with Gasteiger partial charge in [0, 0.05) is 6.54 Å². The molecule has 1 atom stereocenters. The Bertz CT molecular complexity index is 533. The number of rotatable bonds is 7. The monoisotopic (exact) mass is 272 g/mol. The first-order valence-corrected chi connectivity index (χ1v) is 7.41. The first kappa shape index (κ1) is 14.7. The maximum Gasteiger partial charge on any atom is 0.0759 e. The number of aryl methyl sites for hydroxylation is 2. The lowest BCUT2D eigenvalue weighted by molar-refractivity contribution is 0.473. The number of benzene rings is 1. The summed E-state index contributed by atoms with van der Waals surface area (Å²) in [6.45, 7) is 8.29. The highest BCUT2D eigenvalue weighted by Gasteiger charge is 2.16. The van der Waals surface area contributed by atoms with Gasteiger partial charge in [-0.2, -0.15) is 0 Å². The third kappa shape index (κ3) is 3.67. The van der Waals surface area contributed by atoms with Crippen LogP contribution in [0.4, 0.5) is 0 Å². The summed E-state index contributed by atoms with van der Waals surface area (Å²) in [4.78, 5) is 0. The molecule has 0 saturated carbocycles. The molecule has 0 amide bonds. The normalized spacial score (nSPS) is 12.6. The fraction of sp³-hybridized carbons (Fsp3) is 0.500. The second-order valence-corrected chi connectivity index (χ2v) is 5.19. The second-order valence-electron chi connectivity index (χ2n) is 5.19. The Hall–Kier alpha value is -1.68. The van der Waals surface area contributed by atoms with Gasteiger partial charge in [-0.05, 0) is 31.9 Å². The van der Waals surface area contributed by atoms with Gasteiger partial charge in [0.1, 0.15) is 0 Å². The van der Waals surface area contributed by atoms with Gasteiger partial charge in [0.15, 0.2) is 0 Å². The molecule has 1 heterocycles. The Balaban J connectivity index is 2.20. The maximum atomic E-state index is 4.19. The van der Waals surface area contributed by atoms with Crippen LogP contribution in [0.3, 0.4) is 0 Å². The van der Waals surface area contributed by atoms with Crippen molar-refractivity contribution in [2.45, 2.75) is 46.2 Å². The van der Waals surface area contributed by atoms with E-state index < -0.39 is 0 Å². The summed E-state index contributed by atoms with van der Waals surface area (Å²) < 4.78 is 2.02. The first-order chi connectivity index (χ1) is 9.74. The summed E-state index contributed by atoms with van der Waals surface area (Å²) >= 11 is 0. The van der Waals surface area contributed by atoms with E-state index >= 15 is 0 Å². The van der Waals surface area contributed by atoms with Crippen LogP contribution >= 0.6 is 0 Å². The molecule has 1 aromatic heterocycles. The Morgan fingerprint density at radius 1 is 1.30 bits per heavy atom. The van der Waals surface area contributed by atoms with Crippen molar-refractivity contribution in [3.63, 3.8) is 0 Å². The second kappa shape index (κ2) is 7.20. The quantitative estimate of drug-likeness (QED) is 0.842. The largest absolute Gasteiger partial charge is 0.309 e. The predicted molar refractivity (Wildman–Crippen MR) is 81.6 cm³/mol. The molecular formula is C16H24N4. The number of aromatic nitrogens is 3. The zero-order valence-electron chi connectivity index (χ0n) is 12.6. The third-order valence-electron chi connectivity index (χ3n) is 3.41. The molecule has 0 saturated heterocycles. The summed E-state index contributed by atoms with van der Waals surface area (Å²) in [7, 11) is 0. The molecule has 0 spiro atoms. The van der Waals surface area contributed by atoms with E-state index in [-0.39, 0.29) is 6.04 Å². The van der Waals surface area contributed by atoms with E-state index in [1.54, 1.807) is 0 Å². The molecule has 2 aromatic rings. The molecule has 108 valence electrons. The molecule has 1 N–H and O–H groups in total. The lowest BCUT2D eigenvalue weighted by atomic mass is 10.0. The summed E-state index contributed by atoms with van der Waals surface area (Å²) in [6, 6.07) is 8.95. The zero-order chi connectivity index (χ0) is 14.4. The zero-order valence-corrected chi connectivity index (χ0v) is 12.6. The molecule has 0 aliphatic rings. The lowest BCUT2D eigenvalue weighted by Gasteiger charge is -2.19. The molecule has 4 heteroatoms. The number of nitrogens with zero attached hydrogens (tertiary/aromatic N) is 3. The van der Waals surface area contributed by atoms with Gasteiger partial charge >= 0.3 is 0 Å². The molecule has 4 nitrogen and oxygen atoms in total. The highest BCUT2D eigenvalue weighted by molar-refractivity contribution is 5.24. The smallest absolute Gasteiger partial charge is 0.0759 e. The van der Waals surface area contributed by atoms with Gasteiger partial charge in [-0.25, -0.2) is 4.68 Å². The van der Waals surface area contributed by atoms with Gasteiger partial charge < -0.3 is 5.32 Å². The minimum absolute atomic E-state index is 0.267. The molecule has 20 heavy (non-hydrogen) atoms. The van der Waals surface area contributed by atoms with Crippen LogP contribution in [0.15, 0.2) is 30.5 Å². The topological polar surface area (TPSA) is 42.7 Å². The SMILES string of the molecule is CCCn1nncc1C(Cc1cccc(C)c1)NCC. The minimum Gasteiger partial charge on any atom is -0.309 e. The summed E-state index contributed by atoms with van der Waals surface area (Å²) in [5, 5.41) is 11.8. The van der Waals surface area contributed by atoms with Crippen LogP contribution in [0, 0.1) is 6.92 Å². The fourth-order valence-corrected chi connectivity index (χ4v) is 2.52. The van der Waals surface area contributed by atoms with Gasteiger partial charge in [-0.15, -0.1) is 5.10 Å². The Morgan fingerprint density at radius 2 is 2.15 bits per heavy atom. The van der Waals surface area contributed by atoms with Gasteiger partial charge in [0.05, 0.1) is 17.9 Å². The van der Waals surface area contributed by atoms with Crippen molar-refractivity contribution < 1.29 is 0 Å². The number of hydrogen-bond acceptors (Lipinski definition) is 3. The Kier molecular flexibility index (Phi) is 5.30. The van der Waals surface area contributed by atoms with Crippen LogP contribution < -0.4 is 5.32 Å². The predicted octanol–water partition coefficient (Wildman–Crippen LogP) is 2.89. The van der Waals surface area contributed by atoms with Crippen molar-refractivity contribution >= 4 is 0 Å². The van der Waals surface area contributed by atoms with Crippen molar-refractivity contribution in [3.8, 4) is 0 Å². The summed E-state index contributed by atoms with van der Waals surface area (Å²) in [5.41, 5.74) is 3.83. The molecular weight excluding hydrogens is 248 g/mol. The number of hydrogen-bond donors (Lipinski definition) is 1. The van der Waals surface area contributed by atoms with Crippen LogP contribution in [-0.2, 0) is 13.0 Å². The van der Waals surface area contributed by atoms with Crippen LogP contribution in [-0.4, -0.2) is 21.5 Å². The van der Waals surface area contributed by atoms with Crippen molar-refractivity contribution in [1.29, 1.82) is 0 Å². The van der Waals surface area contributed by atoms with E-state index in [1.165, 1.54) is 16.8 Å². The molecule has 0 radical (unpaired) electrons. The average molecular weight is 272 g/mol. The van der Waals surface area contributed by atoms with Crippen LogP contribution in [0.25, 0.3) is 0 Å². The molecule has 0 aliphatic carbocycles. The van der Waals surface area contributed by atoms with Gasteiger partial charge in [-0.3, -0.25) is 0 Å². The maximum absolute atomic E-state index is 4.19. The molecule has 0 aliphatic heterocycles. The standard InChI is InChI=1S/C16H24N4/c1-4-9-20-16(12-18-19-20)15(17-5-2)11-14-8-6-7-13(3)10-14/h6-8,10,12,15,17H,4-5,9,11H2,1-3H3. The number of likely N-dealkylation sites (N-methyl/N-ethyl adjacent to an activating group) is 1. The van der Waals surface area contributed by atoms with Gasteiger partial charge in [0.25, 0.3) is 0 Å². The van der Waals surface area contributed by atoms with Crippen LogP contribution in [0.1, 0.15) is 43.1 Å². The van der Waals surface area contributed by atoms with E-state index in [4.69, 9.17) is 0 Å². The highest BCUT2D eigenvalue weighted by atomic mass is 15.4. The lowest BCUT2D eigenvalue weighted by Crippen LogP contribution is -2.25. The molecule has 0 fully saturated rings. The third-order valence-corrected chi connectivity index (χ3v) is 3.41. The summed E-state index contributed by atoms with van der Waals surface area (Å²) in [5.74, 6) is 0. The van der Waals surface area contributed by atoms with Crippen LogP contribution in [0.2, 0.25) is 0 Å².